The van der Waals surface area contributed by atoms with Gasteiger partial charge in [0, 0.05) is 5.92 Å². The third-order valence-corrected chi connectivity index (χ3v) is 2.41. The van der Waals surface area contributed by atoms with Gasteiger partial charge in [0.2, 0.25) is 0 Å². The normalized spacial score (nSPS) is 29.1. The molecule has 0 aliphatic heterocycles. The minimum absolute atomic E-state index is 0.123. The zero-order valence-electron chi connectivity index (χ0n) is 9.46. The first kappa shape index (κ1) is 11.7. The van der Waals surface area contributed by atoms with Gasteiger partial charge in [-0.05, 0) is 34.1 Å². The second kappa shape index (κ2) is 3.34. The van der Waals surface area contributed by atoms with Crippen LogP contribution in [-0.2, 0) is 14.3 Å². The highest BCUT2D eigenvalue weighted by Crippen LogP contribution is 2.53. The minimum Gasteiger partial charge on any atom is -0.459 e. The summed E-state index contributed by atoms with van der Waals surface area (Å²) in [7, 11) is 0. The van der Waals surface area contributed by atoms with Gasteiger partial charge < -0.3 is 4.74 Å². The van der Waals surface area contributed by atoms with Gasteiger partial charge in [-0.2, -0.15) is 5.26 Å². The number of carbonyl (C=O) groups is 2. The minimum atomic E-state index is -1.21. The highest BCUT2D eigenvalue weighted by Gasteiger charge is 2.65. The lowest BCUT2D eigenvalue weighted by Gasteiger charge is -2.21. The van der Waals surface area contributed by atoms with Gasteiger partial charge in [-0.15, -0.1) is 0 Å². The average molecular weight is 209 g/mol. The van der Waals surface area contributed by atoms with Crippen molar-refractivity contribution in [2.75, 3.05) is 0 Å². The lowest BCUT2D eigenvalue weighted by atomic mass is 10.0. The molecule has 0 amide bonds. The average Bonchev–Trinajstić information content (AvgIpc) is 2.76. The summed E-state index contributed by atoms with van der Waals surface area (Å²) in [4.78, 5) is 22.8. The summed E-state index contributed by atoms with van der Waals surface area (Å²) in [6, 6.07) is 1.91. The Morgan fingerprint density at radius 2 is 2.00 bits per heavy atom. The molecule has 0 saturated heterocycles. The molecular formula is C11H15NO3. The van der Waals surface area contributed by atoms with E-state index in [1.54, 1.807) is 20.8 Å². The van der Waals surface area contributed by atoms with Crippen molar-refractivity contribution in [2.24, 2.45) is 11.3 Å². The molecule has 1 rings (SSSR count). The highest BCUT2D eigenvalue weighted by molar-refractivity contribution is 5.95. The van der Waals surface area contributed by atoms with E-state index in [0.29, 0.717) is 6.42 Å². The zero-order valence-corrected chi connectivity index (χ0v) is 9.46. The fourth-order valence-electron chi connectivity index (χ4n) is 1.52. The van der Waals surface area contributed by atoms with Crippen LogP contribution in [0, 0.1) is 22.7 Å². The fraction of sp³-hybridized carbons (Fsp3) is 0.727. The summed E-state index contributed by atoms with van der Waals surface area (Å²) in [6.07, 6.45) is 0.299. The number of Topliss-reactive ketones (excluding diaryl/α,β-unsaturated/α-hetero) is 1. The molecule has 2 atom stereocenters. The molecule has 4 heteroatoms. The molecule has 0 aromatic rings. The Balaban J connectivity index is 2.77. The van der Waals surface area contributed by atoms with Crippen molar-refractivity contribution in [1.82, 2.24) is 0 Å². The second-order valence-electron chi connectivity index (χ2n) is 4.95. The molecule has 0 N–H and O–H groups in total. The van der Waals surface area contributed by atoms with Crippen LogP contribution in [0.1, 0.15) is 34.1 Å². The SMILES string of the molecule is CC(=O)[C@@H]1C[C@@]1(C#N)C(=O)OC(C)(C)C. The van der Waals surface area contributed by atoms with Crippen LogP contribution in [0.25, 0.3) is 0 Å². The number of carbonyl (C=O) groups excluding carboxylic acids is 2. The van der Waals surface area contributed by atoms with Crippen molar-refractivity contribution in [2.45, 2.75) is 39.7 Å². The molecule has 1 aliphatic carbocycles. The van der Waals surface area contributed by atoms with E-state index in [9.17, 15) is 9.59 Å². The third-order valence-electron chi connectivity index (χ3n) is 2.41. The Morgan fingerprint density at radius 3 is 2.27 bits per heavy atom. The van der Waals surface area contributed by atoms with Crippen LogP contribution in [0.15, 0.2) is 0 Å². The molecule has 0 unspecified atom stereocenters. The Bertz CT molecular complexity index is 348. The smallest absolute Gasteiger partial charge is 0.327 e. The Kier molecular flexibility index (Phi) is 2.60. The summed E-state index contributed by atoms with van der Waals surface area (Å²) in [5.41, 5.74) is -1.83. The predicted octanol–water partition coefficient (Wildman–Crippen LogP) is 1.45. The van der Waals surface area contributed by atoms with Gasteiger partial charge in [0.05, 0.1) is 6.07 Å². The van der Waals surface area contributed by atoms with Crippen LogP contribution in [0.5, 0.6) is 0 Å². The monoisotopic (exact) mass is 209 g/mol. The first-order valence-electron chi connectivity index (χ1n) is 4.88. The van der Waals surface area contributed by atoms with E-state index in [4.69, 9.17) is 10.00 Å². The van der Waals surface area contributed by atoms with E-state index in [-0.39, 0.29) is 5.78 Å². The van der Waals surface area contributed by atoms with Gasteiger partial charge in [-0.3, -0.25) is 9.59 Å². The lowest BCUT2D eigenvalue weighted by molar-refractivity contribution is -0.160. The van der Waals surface area contributed by atoms with Crippen LogP contribution in [0.4, 0.5) is 0 Å². The molecule has 1 fully saturated rings. The summed E-state index contributed by atoms with van der Waals surface area (Å²) >= 11 is 0. The largest absolute Gasteiger partial charge is 0.459 e. The Morgan fingerprint density at radius 1 is 1.47 bits per heavy atom. The maximum atomic E-state index is 11.7. The van der Waals surface area contributed by atoms with E-state index < -0.39 is 22.9 Å². The number of hydrogen-bond donors (Lipinski definition) is 0. The van der Waals surface area contributed by atoms with Crippen molar-refractivity contribution in [3.63, 3.8) is 0 Å². The van der Waals surface area contributed by atoms with E-state index in [2.05, 4.69) is 0 Å². The predicted molar refractivity (Wildman–Crippen MR) is 52.7 cm³/mol. The van der Waals surface area contributed by atoms with Crippen LogP contribution in [-0.4, -0.2) is 17.4 Å². The molecule has 0 aromatic carbocycles. The van der Waals surface area contributed by atoms with Crippen LogP contribution in [0.2, 0.25) is 0 Å². The van der Waals surface area contributed by atoms with Gasteiger partial charge in [-0.25, -0.2) is 0 Å². The number of hydrogen-bond acceptors (Lipinski definition) is 4. The maximum absolute atomic E-state index is 11.7. The molecular weight excluding hydrogens is 194 g/mol. The van der Waals surface area contributed by atoms with Crippen LogP contribution in [0.3, 0.4) is 0 Å². The van der Waals surface area contributed by atoms with E-state index >= 15 is 0 Å². The number of nitriles is 1. The van der Waals surface area contributed by atoms with Crippen molar-refractivity contribution in [1.29, 1.82) is 5.26 Å². The van der Waals surface area contributed by atoms with Gasteiger partial charge in [0.1, 0.15) is 11.4 Å². The summed E-state index contributed by atoms with van der Waals surface area (Å²) < 4.78 is 5.12. The van der Waals surface area contributed by atoms with Crippen molar-refractivity contribution >= 4 is 11.8 Å². The topological polar surface area (TPSA) is 67.2 Å². The quantitative estimate of drug-likeness (QED) is 0.645. The Labute approximate surface area is 89.2 Å². The molecule has 1 aliphatic rings. The molecule has 0 radical (unpaired) electrons. The van der Waals surface area contributed by atoms with Gasteiger partial charge >= 0.3 is 5.97 Å². The summed E-state index contributed by atoms with van der Waals surface area (Å²) in [5.74, 6) is -1.17. The fourth-order valence-corrected chi connectivity index (χ4v) is 1.52. The van der Waals surface area contributed by atoms with Crippen molar-refractivity contribution in [3.8, 4) is 6.07 Å². The number of nitrogens with zero attached hydrogens (tertiary/aromatic N) is 1. The number of ketones is 1. The molecule has 4 nitrogen and oxygen atoms in total. The number of rotatable bonds is 2. The molecule has 15 heavy (non-hydrogen) atoms. The molecule has 82 valence electrons. The second-order valence-corrected chi connectivity index (χ2v) is 4.95. The van der Waals surface area contributed by atoms with Crippen LogP contribution >= 0.6 is 0 Å². The van der Waals surface area contributed by atoms with Crippen molar-refractivity contribution in [3.05, 3.63) is 0 Å². The van der Waals surface area contributed by atoms with E-state index in [1.165, 1.54) is 6.92 Å². The van der Waals surface area contributed by atoms with E-state index in [1.807, 2.05) is 6.07 Å². The number of esters is 1. The summed E-state index contributed by atoms with van der Waals surface area (Å²) in [5, 5.41) is 8.94. The summed E-state index contributed by atoms with van der Waals surface area (Å²) in [6.45, 7) is 6.61. The molecule has 0 bridgehead atoms. The van der Waals surface area contributed by atoms with Crippen LogP contribution < -0.4 is 0 Å². The maximum Gasteiger partial charge on any atom is 0.327 e. The number of ether oxygens (including phenoxy) is 1. The third kappa shape index (κ3) is 2.17. The molecule has 1 saturated carbocycles. The lowest BCUT2D eigenvalue weighted by Crippen LogP contribution is -2.30. The Hall–Kier alpha value is -1.37. The van der Waals surface area contributed by atoms with E-state index in [0.717, 1.165) is 0 Å². The molecule has 0 spiro atoms. The highest BCUT2D eigenvalue weighted by atomic mass is 16.6. The van der Waals surface area contributed by atoms with Gasteiger partial charge in [0.25, 0.3) is 0 Å². The van der Waals surface area contributed by atoms with Gasteiger partial charge in [0.15, 0.2) is 5.41 Å². The molecule has 0 heterocycles. The van der Waals surface area contributed by atoms with Crippen molar-refractivity contribution < 1.29 is 14.3 Å². The zero-order chi connectivity index (χ0) is 11.9. The van der Waals surface area contributed by atoms with Gasteiger partial charge in [-0.1, -0.05) is 0 Å². The first-order chi connectivity index (χ1) is 6.73. The molecule has 0 aromatic heterocycles. The standard InChI is InChI=1S/C11H15NO3/c1-7(13)8-5-11(8,6-12)9(14)15-10(2,3)4/h8H,5H2,1-4H3/t8-,11-/m0/s1. The first-order valence-corrected chi connectivity index (χ1v) is 4.88.